The van der Waals surface area contributed by atoms with E-state index < -0.39 is 161 Å². The van der Waals surface area contributed by atoms with Gasteiger partial charge in [-0.1, -0.05) is 95.2 Å². The van der Waals surface area contributed by atoms with Crippen LogP contribution in [0.5, 0.6) is 0 Å². The fourth-order valence-corrected chi connectivity index (χ4v) is 14.2. The second-order valence-electron chi connectivity index (χ2n) is 31.1. The quantitative estimate of drug-likeness (QED) is 0.0662. The molecule has 2 fully saturated rings. The Labute approximate surface area is 604 Å². The van der Waals surface area contributed by atoms with Crippen molar-refractivity contribution in [2.75, 3.05) is 93.6 Å². The smallest absolute Gasteiger partial charge is 0.246 e. The molecule has 100 heavy (non-hydrogen) atoms. The number of aliphatic hydroxyl groups is 2. The molecule has 0 radical (unpaired) electrons. The lowest BCUT2D eigenvalue weighted by atomic mass is 9.91. The summed E-state index contributed by atoms with van der Waals surface area (Å²) in [6, 6.07) is -14.0. The number of carbonyl (C=O) groups is 11. The van der Waals surface area contributed by atoms with Crippen LogP contribution in [-0.2, 0) is 52.7 Å². The largest absolute Gasteiger partial charge is 0.390 e. The lowest BCUT2D eigenvalue weighted by molar-refractivity contribution is -0.157. The first-order valence-corrected chi connectivity index (χ1v) is 37.6. The number of nitrogens with one attached hydrogen (secondary N) is 4. The lowest BCUT2D eigenvalue weighted by Crippen LogP contribution is -2.64. The van der Waals surface area contributed by atoms with Crippen molar-refractivity contribution in [3.05, 3.63) is 12.2 Å². The topological polar surface area (TPSA) is 306 Å². The van der Waals surface area contributed by atoms with E-state index in [4.69, 9.17) is 0 Å². The lowest BCUT2D eigenvalue weighted by Gasteiger charge is -2.41. The molecular formula is C73H133N13O13S. The van der Waals surface area contributed by atoms with Gasteiger partial charge in [0.1, 0.15) is 66.5 Å². The molecule has 13 atom stereocenters. The van der Waals surface area contributed by atoms with E-state index in [1.54, 1.807) is 54.5 Å². The minimum atomic E-state index is -1.66. The SMILES string of the molecule is C/C=C/C[C@@H](C)[C@@H](O)[C@H]1C(=O)N[C@@H](CC)C(=O)N(C)[C@H](CSCCCN2CCN(C(C)C)CC2)C(=O)N(C)[C@@H](CC(C)(C)O)C(=O)N[C@@H](C(C)C)C(=O)N(C)[C@@H](CC(C)C)C(=O)N[C@@H](C)C(=O)N[C@H](C)C(=O)N(C)[C@@H](CC(C)C)C(=O)N(C)[C@@H](CC(C)C)C(=O)N(C)[C@@H](C(C)C)C(=O)N1C. The molecule has 0 aromatic heterocycles. The highest BCUT2D eigenvalue weighted by atomic mass is 32.2. The summed E-state index contributed by atoms with van der Waals surface area (Å²) in [6.45, 7) is 37.9. The highest BCUT2D eigenvalue weighted by Crippen LogP contribution is 2.27. The minimum Gasteiger partial charge on any atom is -0.390 e. The highest BCUT2D eigenvalue weighted by molar-refractivity contribution is 7.99. The van der Waals surface area contributed by atoms with Gasteiger partial charge < -0.3 is 70.7 Å². The maximum Gasteiger partial charge on any atom is 0.246 e. The molecule has 0 bridgehead atoms. The Kier molecular flexibility index (Phi) is 37.3. The van der Waals surface area contributed by atoms with E-state index in [0.29, 0.717) is 11.8 Å². The van der Waals surface area contributed by atoms with Crippen LogP contribution in [0.1, 0.15) is 176 Å². The van der Waals surface area contributed by atoms with Crippen molar-refractivity contribution in [3.8, 4) is 0 Å². The molecule has 2 heterocycles. The number of aliphatic hydroxyl groups excluding tert-OH is 1. The molecule has 6 N–H and O–H groups in total. The van der Waals surface area contributed by atoms with Gasteiger partial charge in [0.2, 0.25) is 65.0 Å². The summed E-state index contributed by atoms with van der Waals surface area (Å²) in [5, 5.41) is 35.0. The van der Waals surface area contributed by atoms with Gasteiger partial charge in [0, 0.05) is 93.7 Å². The first-order chi connectivity index (χ1) is 46.3. The van der Waals surface area contributed by atoms with E-state index in [1.807, 2.05) is 47.6 Å². The van der Waals surface area contributed by atoms with Crippen LogP contribution in [0.15, 0.2) is 12.2 Å². The molecule has 0 aromatic rings. The van der Waals surface area contributed by atoms with Gasteiger partial charge in [-0.2, -0.15) is 11.8 Å². The van der Waals surface area contributed by atoms with E-state index in [9.17, 15) is 29.4 Å². The molecule has 0 saturated carbocycles. The van der Waals surface area contributed by atoms with E-state index in [2.05, 4.69) is 44.9 Å². The van der Waals surface area contributed by atoms with Crippen molar-refractivity contribution in [2.24, 2.45) is 35.5 Å². The predicted octanol–water partition coefficient (Wildman–Crippen LogP) is 3.90. The number of amides is 11. The van der Waals surface area contributed by atoms with Gasteiger partial charge in [-0.05, 0) is 135 Å². The average molecular weight is 1430 g/mol. The fourth-order valence-electron chi connectivity index (χ4n) is 13.1. The number of piperazine rings is 1. The Hall–Kier alpha value is -5.90. The van der Waals surface area contributed by atoms with Crippen LogP contribution in [0.25, 0.3) is 0 Å². The second-order valence-corrected chi connectivity index (χ2v) is 32.2. The predicted molar refractivity (Wildman–Crippen MR) is 394 cm³/mol. The normalized spacial score (nSPS) is 26.9. The third-order valence-electron chi connectivity index (χ3n) is 19.6. The third-order valence-corrected chi connectivity index (χ3v) is 20.7. The molecule has 11 amide bonds. The van der Waals surface area contributed by atoms with Crippen molar-refractivity contribution in [1.29, 1.82) is 0 Å². The summed E-state index contributed by atoms with van der Waals surface area (Å²) in [5.74, 6) is -9.60. The first kappa shape index (κ1) is 90.2. The number of carbonyl (C=O) groups excluding carboxylic acids is 11. The zero-order valence-electron chi connectivity index (χ0n) is 65.8. The highest BCUT2D eigenvalue weighted by Gasteiger charge is 2.47. The first-order valence-electron chi connectivity index (χ1n) is 36.4. The summed E-state index contributed by atoms with van der Waals surface area (Å²) >= 11 is 1.43. The number of likely N-dealkylation sites (N-methyl/N-ethyl adjacent to an activating group) is 7. The van der Waals surface area contributed by atoms with Crippen molar-refractivity contribution in [1.82, 2.24) is 65.4 Å². The summed E-state index contributed by atoms with van der Waals surface area (Å²) in [4.78, 5) is 178. The zero-order valence-corrected chi connectivity index (χ0v) is 66.7. The van der Waals surface area contributed by atoms with Crippen molar-refractivity contribution in [3.63, 3.8) is 0 Å². The van der Waals surface area contributed by atoms with Crippen molar-refractivity contribution in [2.45, 2.75) is 261 Å². The Morgan fingerprint density at radius 1 is 0.510 bits per heavy atom. The molecule has 2 rings (SSSR count). The monoisotopic (exact) mass is 1430 g/mol. The van der Waals surface area contributed by atoms with Crippen LogP contribution in [-0.4, -0.2) is 297 Å². The Morgan fingerprint density at radius 3 is 1.44 bits per heavy atom. The molecule has 2 aliphatic rings. The van der Waals surface area contributed by atoms with Crippen LogP contribution in [0.2, 0.25) is 0 Å². The van der Waals surface area contributed by atoms with Gasteiger partial charge in [-0.25, -0.2) is 0 Å². The van der Waals surface area contributed by atoms with Gasteiger partial charge in [-0.15, -0.1) is 0 Å². The summed E-state index contributed by atoms with van der Waals surface area (Å²) < 4.78 is 0. The van der Waals surface area contributed by atoms with E-state index >= 15 is 33.6 Å². The molecular weight excluding hydrogens is 1300 g/mol. The van der Waals surface area contributed by atoms with Crippen LogP contribution >= 0.6 is 11.8 Å². The average Bonchev–Trinajstić information content (AvgIpc) is 0.809. The van der Waals surface area contributed by atoms with Crippen LogP contribution in [0.3, 0.4) is 0 Å². The number of thioether (sulfide) groups is 1. The molecule has 0 spiro atoms. The zero-order chi connectivity index (χ0) is 76.9. The summed E-state index contributed by atoms with van der Waals surface area (Å²) in [6.07, 6.45) is 3.13. The number of rotatable bonds is 22. The van der Waals surface area contributed by atoms with E-state index in [0.717, 1.165) is 48.9 Å². The Balaban J connectivity index is 3.10. The van der Waals surface area contributed by atoms with Gasteiger partial charge in [-0.3, -0.25) is 57.6 Å². The third kappa shape index (κ3) is 26.1. The number of allylic oxidation sites excluding steroid dienone is 2. The molecule has 27 heteroatoms. The van der Waals surface area contributed by atoms with Gasteiger partial charge in [0.25, 0.3) is 0 Å². The second kappa shape index (κ2) is 41.4. The number of hydrogen-bond donors (Lipinski definition) is 6. The number of nitrogens with zero attached hydrogens (tertiary/aromatic N) is 9. The minimum absolute atomic E-state index is 0.0235. The maximum atomic E-state index is 15.5. The summed E-state index contributed by atoms with van der Waals surface area (Å²) in [7, 11) is 9.95. The maximum absolute atomic E-state index is 15.5. The van der Waals surface area contributed by atoms with Crippen LogP contribution in [0.4, 0.5) is 0 Å². The molecule has 2 saturated heterocycles. The molecule has 0 unspecified atom stereocenters. The fraction of sp³-hybridized carbons (Fsp3) is 0.822. The van der Waals surface area contributed by atoms with E-state index in [-0.39, 0.29) is 62.0 Å². The standard InChI is InChI=1S/C73H133N13O13S/c1-27-29-31-49(15)61(87)60-65(91)76-52(28-2)67(93)82(24)57(42-100-37-30-32-85-33-35-86(36-34-85)48(13)14)70(96)81(23)56(41-73(18,19)99)64(90)77-58(46(9)10)71(97)78(20)53(38-43(3)4)63(89)74-50(16)62(88)75-51(17)66(92)79(21)54(39-44(5)6)68(94)80(22)55(40-45(7)8)69(95)83(25)59(47(11)12)72(98)84(60)26/h27,29,43-61,87,99H,28,30-42H2,1-26H3,(H,74,89)(H,75,88)(H,76,91)(H,77,90)/b29-27+/t49-,50+,51-,52+,53+,54+,55+,56+,57-,58+,59+,60+,61-/m1/s1. The van der Waals surface area contributed by atoms with Gasteiger partial charge >= 0.3 is 0 Å². The van der Waals surface area contributed by atoms with Crippen LogP contribution < -0.4 is 21.3 Å². The summed E-state index contributed by atoms with van der Waals surface area (Å²) in [5.41, 5.74) is -1.59. The molecule has 2 aliphatic heterocycles. The Morgan fingerprint density at radius 2 is 0.960 bits per heavy atom. The molecule has 574 valence electrons. The Bertz CT molecular complexity index is 2740. The van der Waals surface area contributed by atoms with Gasteiger partial charge in [0.05, 0.1) is 11.7 Å². The molecule has 0 aliphatic carbocycles. The van der Waals surface area contributed by atoms with Crippen molar-refractivity contribution < 1.29 is 63.0 Å². The number of hydrogen-bond acceptors (Lipinski definition) is 16. The van der Waals surface area contributed by atoms with Crippen molar-refractivity contribution >= 4 is 76.7 Å². The van der Waals surface area contributed by atoms with Gasteiger partial charge in [0.15, 0.2) is 0 Å². The van der Waals surface area contributed by atoms with Crippen LogP contribution in [0, 0.1) is 35.5 Å². The van der Waals surface area contributed by atoms with E-state index in [1.165, 1.54) is 113 Å². The molecule has 0 aromatic carbocycles. The molecule has 26 nitrogen and oxygen atoms in total.